The van der Waals surface area contributed by atoms with Crippen molar-refractivity contribution in [3.05, 3.63) is 59.7 Å². The Kier molecular flexibility index (Phi) is 5.26. The first-order valence-electron chi connectivity index (χ1n) is 8.93. The lowest BCUT2D eigenvalue weighted by atomic mass is 9.96. The van der Waals surface area contributed by atoms with Gasteiger partial charge in [-0.15, -0.1) is 0 Å². The molecular formula is C21H25N3O2. The maximum absolute atomic E-state index is 12.9. The van der Waals surface area contributed by atoms with Gasteiger partial charge in [0.2, 0.25) is 5.91 Å². The van der Waals surface area contributed by atoms with E-state index in [2.05, 4.69) is 18.3 Å². The van der Waals surface area contributed by atoms with E-state index in [1.54, 1.807) is 26.2 Å². The van der Waals surface area contributed by atoms with E-state index in [0.29, 0.717) is 5.56 Å². The summed E-state index contributed by atoms with van der Waals surface area (Å²) in [5.74, 6) is -0.0208. The van der Waals surface area contributed by atoms with Crippen LogP contribution in [0, 0.1) is 0 Å². The first kappa shape index (κ1) is 18.0. The zero-order valence-electron chi connectivity index (χ0n) is 15.5. The fourth-order valence-electron chi connectivity index (χ4n) is 3.35. The largest absolute Gasteiger partial charge is 0.376 e. The zero-order valence-corrected chi connectivity index (χ0v) is 15.5. The Hall–Kier alpha value is -2.82. The van der Waals surface area contributed by atoms with Crippen molar-refractivity contribution >= 4 is 23.2 Å². The van der Waals surface area contributed by atoms with Gasteiger partial charge in [-0.2, -0.15) is 0 Å². The molecule has 0 aliphatic carbocycles. The molecule has 5 nitrogen and oxygen atoms in total. The summed E-state index contributed by atoms with van der Waals surface area (Å²) in [7, 11) is 3.45. The maximum Gasteiger partial charge on any atom is 0.253 e. The van der Waals surface area contributed by atoms with Crippen molar-refractivity contribution in [2.45, 2.75) is 25.8 Å². The van der Waals surface area contributed by atoms with E-state index in [1.807, 2.05) is 35.2 Å². The summed E-state index contributed by atoms with van der Waals surface area (Å²) in [5.41, 5.74) is 3.60. The number of carbonyl (C=O) groups excluding carboxylic acids is 2. The van der Waals surface area contributed by atoms with Gasteiger partial charge >= 0.3 is 0 Å². The number of hydrogen-bond donors (Lipinski definition) is 1. The Bertz CT molecular complexity index is 816. The van der Waals surface area contributed by atoms with Crippen molar-refractivity contribution in [3.8, 4) is 0 Å². The summed E-state index contributed by atoms with van der Waals surface area (Å²) in [6, 6.07) is 15.5. The lowest BCUT2D eigenvalue weighted by Crippen LogP contribution is -2.44. The number of aryl methyl sites for hydroxylation is 1. The Balaban J connectivity index is 1.72. The van der Waals surface area contributed by atoms with Gasteiger partial charge in [0.05, 0.1) is 6.54 Å². The predicted octanol–water partition coefficient (Wildman–Crippen LogP) is 3.17. The van der Waals surface area contributed by atoms with Gasteiger partial charge in [-0.25, -0.2) is 0 Å². The molecule has 0 saturated carbocycles. The van der Waals surface area contributed by atoms with Crippen LogP contribution in [0.1, 0.15) is 29.3 Å². The van der Waals surface area contributed by atoms with Gasteiger partial charge < -0.3 is 15.1 Å². The molecule has 0 spiro atoms. The molecule has 0 radical (unpaired) electrons. The van der Waals surface area contributed by atoms with Gasteiger partial charge in [0.1, 0.15) is 0 Å². The van der Waals surface area contributed by atoms with Crippen LogP contribution >= 0.6 is 0 Å². The Morgan fingerprint density at radius 2 is 1.92 bits per heavy atom. The minimum Gasteiger partial charge on any atom is -0.376 e. The summed E-state index contributed by atoms with van der Waals surface area (Å²) in [6.45, 7) is 2.28. The number of nitrogens with one attached hydrogen (secondary N) is 1. The molecular weight excluding hydrogens is 326 g/mol. The minimum atomic E-state index is -0.0569. The van der Waals surface area contributed by atoms with E-state index in [4.69, 9.17) is 0 Å². The van der Waals surface area contributed by atoms with E-state index in [1.165, 1.54) is 10.5 Å². The molecule has 1 aliphatic heterocycles. The smallest absolute Gasteiger partial charge is 0.253 e. The van der Waals surface area contributed by atoms with Gasteiger partial charge in [0, 0.05) is 37.1 Å². The molecule has 1 unspecified atom stereocenters. The third-order valence-electron chi connectivity index (χ3n) is 4.75. The topological polar surface area (TPSA) is 52.7 Å². The highest BCUT2D eigenvalue weighted by atomic mass is 16.2. The van der Waals surface area contributed by atoms with Crippen LogP contribution in [0.25, 0.3) is 0 Å². The Morgan fingerprint density at radius 1 is 1.15 bits per heavy atom. The number of hydrogen-bond acceptors (Lipinski definition) is 3. The fourth-order valence-corrected chi connectivity index (χ4v) is 3.35. The fraction of sp³-hybridized carbons (Fsp3) is 0.333. The quantitative estimate of drug-likeness (QED) is 0.920. The molecule has 1 aliphatic rings. The summed E-state index contributed by atoms with van der Waals surface area (Å²) >= 11 is 0. The monoisotopic (exact) mass is 351 g/mol. The third kappa shape index (κ3) is 3.72. The number of anilines is 2. The zero-order chi connectivity index (χ0) is 18.7. The van der Waals surface area contributed by atoms with Gasteiger partial charge in [-0.3, -0.25) is 9.59 Å². The van der Waals surface area contributed by atoms with Crippen LogP contribution in [0.4, 0.5) is 11.4 Å². The second kappa shape index (κ2) is 7.60. The Labute approximate surface area is 154 Å². The first-order valence-corrected chi connectivity index (χ1v) is 8.93. The number of rotatable bonds is 4. The van der Waals surface area contributed by atoms with Crippen molar-refractivity contribution in [2.75, 3.05) is 30.9 Å². The number of benzene rings is 2. The molecule has 0 saturated heterocycles. The highest BCUT2D eigenvalue weighted by molar-refractivity contribution is 5.98. The lowest BCUT2D eigenvalue weighted by Gasteiger charge is -2.35. The molecule has 1 heterocycles. The van der Waals surface area contributed by atoms with Crippen LogP contribution in [0.5, 0.6) is 0 Å². The standard InChI is InChI=1S/C21H25N3O2/c1-15-11-12-16-7-4-5-10-19(16)24(15)20(25)14-22-18-9-6-8-17(13-18)21(26)23(2)3/h4-10,13,15,22H,11-12,14H2,1-3H3. The summed E-state index contributed by atoms with van der Waals surface area (Å²) < 4.78 is 0. The number of para-hydroxylation sites is 1. The third-order valence-corrected chi connectivity index (χ3v) is 4.75. The number of amides is 2. The highest BCUT2D eigenvalue weighted by Gasteiger charge is 2.27. The minimum absolute atomic E-state index is 0.0361. The number of carbonyl (C=O) groups is 2. The van der Waals surface area contributed by atoms with Gasteiger partial charge in [-0.1, -0.05) is 24.3 Å². The van der Waals surface area contributed by atoms with Gasteiger partial charge in [-0.05, 0) is 49.6 Å². The second-order valence-corrected chi connectivity index (χ2v) is 6.91. The van der Waals surface area contributed by atoms with E-state index in [-0.39, 0.29) is 24.4 Å². The molecule has 5 heteroatoms. The first-order chi connectivity index (χ1) is 12.5. The molecule has 3 rings (SSSR count). The molecule has 2 aromatic carbocycles. The van der Waals surface area contributed by atoms with Crippen LogP contribution < -0.4 is 10.2 Å². The van der Waals surface area contributed by atoms with Crippen LogP contribution in [0.2, 0.25) is 0 Å². The lowest BCUT2D eigenvalue weighted by molar-refractivity contribution is -0.117. The molecule has 26 heavy (non-hydrogen) atoms. The normalized spacial score (nSPS) is 16.0. The van der Waals surface area contributed by atoms with Crippen LogP contribution in [0.3, 0.4) is 0 Å². The molecule has 0 fully saturated rings. The molecule has 0 aromatic heterocycles. The summed E-state index contributed by atoms with van der Waals surface area (Å²) in [4.78, 5) is 28.4. The molecule has 1 N–H and O–H groups in total. The van der Waals surface area contributed by atoms with Crippen LogP contribution in [0.15, 0.2) is 48.5 Å². The van der Waals surface area contributed by atoms with E-state index < -0.39 is 0 Å². The highest BCUT2D eigenvalue weighted by Crippen LogP contribution is 2.30. The molecule has 2 amide bonds. The van der Waals surface area contributed by atoms with Crippen molar-refractivity contribution in [1.82, 2.24) is 4.90 Å². The second-order valence-electron chi connectivity index (χ2n) is 6.91. The molecule has 0 bridgehead atoms. The SMILES string of the molecule is CC1CCc2ccccc2N1C(=O)CNc1cccc(C(=O)N(C)C)c1. The summed E-state index contributed by atoms with van der Waals surface area (Å²) in [6.07, 6.45) is 1.97. The average Bonchev–Trinajstić information content (AvgIpc) is 2.65. The molecule has 2 aromatic rings. The Morgan fingerprint density at radius 3 is 2.69 bits per heavy atom. The van der Waals surface area contributed by atoms with Crippen molar-refractivity contribution in [1.29, 1.82) is 0 Å². The summed E-state index contributed by atoms with van der Waals surface area (Å²) in [5, 5.41) is 3.17. The van der Waals surface area contributed by atoms with Crippen LogP contribution in [-0.4, -0.2) is 43.4 Å². The molecule has 136 valence electrons. The van der Waals surface area contributed by atoms with Crippen molar-refractivity contribution in [2.24, 2.45) is 0 Å². The van der Waals surface area contributed by atoms with E-state index in [9.17, 15) is 9.59 Å². The van der Waals surface area contributed by atoms with Crippen molar-refractivity contribution in [3.63, 3.8) is 0 Å². The van der Waals surface area contributed by atoms with E-state index in [0.717, 1.165) is 24.2 Å². The van der Waals surface area contributed by atoms with Gasteiger partial charge in [0.15, 0.2) is 0 Å². The average molecular weight is 351 g/mol. The van der Waals surface area contributed by atoms with Crippen molar-refractivity contribution < 1.29 is 9.59 Å². The van der Waals surface area contributed by atoms with E-state index >= 15 is 0 Å². The van der Waals surface area contributed by atoms with Crippen LogP contribution in [-0.2, 0) is 11.2 Å². The molecule has 1 atom stereocenters. The maximum atomic E-state index is 12.9. The number of nitrogens with zero attached hydrogens (tertiary/aromatic N) is 2. The van der Waals surface area contributed by atoms with Gasteiger partial charge in [0.25, 0.3) is 5.91 Å². The number of fused-ring (bicyclic) bond motifs is 1. The predicted molar refractivity (Wildman–Crippen MR) is 105 cm³/mol.